The molecule has 9 heteroatoms. The third kappa shape index (κ3) is 4.38. The summed E-state index contributed by atoms with van der Waals surface area (Å²) in [6.45, 7) is 6.16. The normalized spacial score (nSPS) is 27.8. The van der Waals surface area contributed by atoms with Gasteiger partial charge in [-0.05, 0) is 75.1 Å². The molecule has 0 aromatic heterocycles. The Morgan fingerprint density at radius 3 is 2.59 bits per heavy atom. The van der Waals surface area contributed by atoms with Gasteiger partial charge in [0.05, 0.1) is 29.8 Å². The van der Waals surface area contributed by atoms with Crippen molar-refractivity contribution in [2.24, 2.45) is 11.8 Å². The van der Waals surface area contributed by atoms with Crippen LogP contribution in [-0.4, -0.2) is 63.5 Å². The van der Waals surface area contributed by atoms with Gasteiger partial charge in [-0.1, -0.05) is 12.1 Å². The number of amides is 3. The number of aliphatic hydroxyl groups is 1. The Kier molecular flexibility index (Phi) is 6.93. The quantitative estimate of drug-likeness (QED) is 0.490. The molecule has 5 atom stereocenters. The lowest BCUT2D eigenvalue weighted by atomic mass is 9.70. The van der Waals surface area contributed by atoms with Gasteiger partial charge in [-0.25, -0.2) is 0 Å². The van der Waals surface area contributed by atoms with E-state index in [0.29, 0.717) is 24.4 Å². The van der Waals surface area contributed by atoms with Crippen molar-refractivity contribution in [1.29, 1.82) is 0 Å². The highest BCUT2D eigenvalue weighted by Crippen LogP contribution is 2.66. The molecule has 3 fully saturated rings. The highest BCUT2D eigenvalue weighted by atomic mass is 32.2. The van der Waals surface area contributed by atoms with E-state index < -0.39 is 22.6 Å². The average Bonchev–Trinajstić information content (AvgIpc) is 3.51. The minimum absolute atomic E-state index is 0.0380. The fraction of sp³-hybridized carbons (Fsp3) is 0.464. The summed E-state index contributed by atoms with van der Waals surface area (Å²) in [4.78, 5) is 42.6. The van der Waals surface area contributed by atoms with Crippen molar-refractivity contribution in [2.45, 2.75) is 49.7 Å². The number of fused-ring (bicyclic) bond motifs is 1. The van der Waals surface area contributed by atoms with Crippen LogP contribution >= 0.6 is 11.8 Å². The lowest BCUT2D eigenvalue weighted by molar-refractivity contribution is -0.138. The monoisotopic (exact) mass is 523 g/mol. The van der Waals surface area contributed by atoms with E-state index in [4.69, 9.17) is 4.74 Å². The lowest BCUT2D eigenvalue weighted by Crippen LogP contribution is -2.52. The third-order valence-electron chi connectivity index (χ3n) is 7.78. The number of nitrogens with zero attached hydrogens (tertiary/aromatic N) is 1. The maximum Gasteiger partial charge on any atom is 0.248 e. The number of aryl methyl sites for hydroxylation is 2. The van der Waals surface area contributed by atoms with Crippen molar-refractivity contribution in [3.63, 3.8) is 0 Å². The van der Waals surface area contributed by atoms with E-state index in [0.717, 1.165) is 23.3 Å². The number of rotatable bonds is 8. The van der Waals surface area contributed by atoms with Gasteiger partial charge in [0, 0.05) is 23.2 Å². The van der Waals surface area contributed by atoms with Crippen LogP contribution in [0, 0.1) is 25.7 Å². The number of hydrogen-bond donors (Lipinski definition) is 3. The van der Waals surface area contributed by atoms with E-state index in [2.05, 4.69) is 10.6 Å². The predicted molar refractivity (Wildman–Crippen MR) is 144 cm³/mol. The first kappa shape index (κ1) is 25.6. The number of nitrogens with one attached hydrogen (secondary N) is 2. The number of thioether (sulfide) groups is 1. The minimum Gasteiger partial charge on any atom is -0.494 e. The minimum atomic E-state index is -0.754. The molecule has 3 saturated heterocycles. The molecule has 0 saturated carbocycles. The second kappa shape index (κ2) is 10.0. The average molecular weight is 524 g/mol. The Balaban J connectivity index is 1.42. The van der Waals surface area contributed by atoms with E-state index in [1.54, 1.807) is 36.0 Å². The molecular weight excluding hydrogens is 490 g/mol. The second-order valence-electron chi connectivity index (χ2n) is 10.1. The summed E-state index contributed by atoms with van der Waals surface area (Å²) in [5.41, 5.74) is 3.30. The molecule has 3 aliphatic rings. The second-order valence-corrected chi connectivity index (χ2v) is 11.7. The highest BCUT2D eigenvalue weighted by Gasteiger charge is 2.73. The van der Waals surface area contributed by atoms with Crippen LogP contribution < -0.4 is 15.4 Å². The molecule has 0 aliphatic carbocycles. The van der Waals surface area contributed by atoms with Crippen LogP contribution in [0.15, 0.2) is 42.5 Å². The summed E-state index contributed by atoms with van der Waals surface area (Å²) >= 11 is 1.61. The zero-order valence-corrected chi connectivity index (χ0v) is 22.1. The molecule has 2 aromatic carbocycles. The molecule has 1 spiro atoms. The molecule has 3 amide bonds. The molecule has 5 rings (SSSR count). The Morgan fingerprint density at radius 1 is 1.14 bits per heavy atom. The lowest BCUT2D eigenvalue weighted by Gasteiger charge is -2.34. The first-order valence-corrected chi connectivity index (χ1v) is 13.7. The summed E-state index contributed by atoms with van der Waals surface area (Å²) in [5.74, 6) is -1.13. The molecule has 3 heterocycles. The number of aliphatic hydroxyl groups excluding tert-OH is 1. The van der Waals surface area contributed by atoms with Crippen molar-refractivity contribution in [3.8, 4) is 5.75 Å². The van der Waals surface area contributed by atoms with Crippen LogP contribution in [-0.2, 0) is 14.4 Å². The largest absolute Gasteiger partial charge is 0.494 e. The molecule has 2 aromatic rings. The number of β-amino-alcohol motifs (C(OH)–C–C–N with tert-alkyl or cyclic N) is 1. The molecule has 3 aliphatic heterocycles. The Hall–Kier alpha value is -3.04. The maximum absolute atomic E-state index is 13.8. The van der Waals surface area contributed by atoms with Crippen molar-refractivity contribution in [2.75, 3.05) is 30.4 Å². The van der Waals surface area contributed by atoms with Crippen LogP contribution in [0.1, 0.15) is 30.9 Å². The zero-order chi connectivity index (χ0) is 26.3. The van der Waals surface area contributed by atoms with Crippen molar-refractivity contribution in [1.82, 2.24) is 4.90 Å². The van der Waals surface area contributed by atoms with Gasteiger partial charge in [0.15, 0.2) is 0 Å². The molecule has 196 valence electrons. The summed E-state index contributed by atoms with van der Waals surface area (Å²) in [7, 11) is 0. The van der Waals surface area contributed by atoms with Crippen LogP contribution in [0.25, 0.3) is 0 Å². The van der Waals surface area contributed by atoms with Crippen LogP contribution in [0.2, 0.25) is 0 Å². The van der Waals surface area contributed by atoms with Crippen molar-refractivity contribution < 1.29 is 24.2 Å². The SMILES string of the molecule is CCOc1ccc(NC(=O)[C@@H]2[C@@H]3CCC4(S3)C(C(=O)Nc3cc(C)ccc3C)N(CCO)C(=O)[C@H]24)cc1. The molecule has 2 unspecified atom stereocenters. The number of ether oxygens (including phenoxy) is 1. The molecule has 0 radical (unpaired) electrons. The fourth-order valence-electron chi connectivity index (χ4n) is 6.20. The van der Waals surface area contributed by atoms with Crippen LogP contribution in [0.3, 0.4) is 0 Å². The van der Waals surface area contributed by atoms with E-state index in [-0.39, 0.29) is 36.1 Å². The fourth-order valence-corrected chi connectivity index (χ4v) is 8.42. The first-order valence-electron chi connectivity index (χ1n) is 12.8. The van der Waals surface area contributed by atoms with Gasteiger partial charge >= 0.3 is 0 Å². The standard InChI is InChI=1S/C28H33N3O5S/c1-4-36-19-9-7-18(8-10-19)29-25(33)22-21-11-12-28(37-21)23(22)27(35)31(13-14-32)24(28)26(34)30-20-15-16(2)5-6-17(20)3/h5-10,15,21-24,32H,4,11-14H2,1-3H3,(H,29,33)(H,30,34)/t21-,22+,23-,24?,28?/m0/s1. The van der Waals surface area contributed by atoms with Crippen LogP contribution in [0.4, 0.5) is 11.4 Å². The summed E-state index contributed by atoms with van der Waals surface area (Å²) in [6.07, 6.45) is 1.44. The Bertz CT molecular complexity index is 1220. The first-order chi connectivity index (χ1) is 17.8. The molecule has 37 heavy (non-hydrogen) atoms. The van der Waals surface area contributed by atoms with Gasteiger partial charge in [-0.3, -0.25) is 14.4 Å². The van der Waals surface area contributed by atoms with E-state index in [1.807, 2.05) is 39.0 Å². The van der Waals surface area contributed by atoms with Crippen molar-refractivity contribution >= 4 is 40.9 Å². The summed E-state index contributed by atoms with van der Waals surface area (Å²) in [5, 5.41) is 15.8. The number of anilines is 2. The van der Waals surface area contributed by atoms with Crippen LogP contribution in [0.5, 0.6) is 5.75 Å². The van der Waals surface area contributed by atoms with Gasteiger partial charge in [0.2, 0.25) is 17.7 Å². The summed E-state index contributed by atoms with van der Waals surface area (Å²) < 4.78 is 4.78. The number of carbonyl (C=O) groups is 3. The van der Waals surface area contributed by atoms with E-state index in [9.17, 15) is 19.5 Å². The topological polar surface area (TPSA) is 108 Å². The summed E-state index contributed by atoms with van der Waals surface area (Å²) in [6, 6.07) is 12.3. The van der Waals surface area contributed by atoms with Crippen molar-refractivity contribution in [3.05, 3.63) is 53.6 Å². The number of likely N-dealkylation sites (tertiary alicyclic amines) is 1. The van der Waals surface area contributed by atoms with Gasteiger partial charge in [-0.15, -0.1) is 11.8 Å². The molecule has 2 bridgehead atoms. The third-order valence-corrected chi connectivity index (χ3v) is 9.73. The smallest absolute Gasteiger partial charge is 0.248 e. The zero-order valence-electron chi connectivity index (χ0n) is 21.3. The van der Waals surface area contributed by atoms with E-state index >= 15 is 0 Å². The molecular formula is C28H33N3O5S. The number of hydrogen-bond acceptors (Lipinski definition) is 6. The van der Waals surface area contributed by atoms with Gasteiger partial charge in [0.1, 0.15) is 11.8 Å². The maximum atomic E-state index is 13.8. The van der Waals surface area contributed by atoms with Gasteiger partial charge in [-0.2, -0.15) is 0 Å². The highest BCUT2D eigenvalue weighted by molar-refractivity contribution is 8.02. The molecule has 8 nitrogen and oxygen atoms in total. The number of benzene rings is 2. The van der Waals surface area contributed by atoms with Gasteiger partial charge in [0.25, 0.3) is 0 Å². The Labute approximate surface area is 221 Å². The molecule has 3 N–H and O–H groups in total. The Morgan fingerprint density at radius 2 is 1.89 bits per heavy atom. The number of carbonyl (C=O) groups excluding carboxylic acids is 3. The van der Waals surface area contributed by atoms with Gasteiger partial charge < -0.3 is 25.4 Å². The predicted octanol–water partition coefficient (Wildman–Crippen LogP) is 3.36. The van der Waals surface area contributed by atoms with E-state index in [1.165, 1.54) is 4.90 Å².